The first-order valence-electron chi connectivity index (χ1n) is 5.92. The fourth-order valence-corrected chi connectivity index (χ4v) is 1.72. The minimum absolute atomic E-state index is 0.0242. The number of benzene rings is 1. The number of rotatable bonds is 3. The highest BCUT2D eigenvalue weighted by Gasteiger charge is 2.09. The van der Waals surface area contributed by atoms with E-state index in [-0.39, 0.29) is 17.9 Å². The molecule has 0 aliphatic heterocycles. The quantitative estimate of drug-likeness (QED) is 0.786. The molecule has 0 aliphatic carbocycles. The molecule has 2 aromatic heterocycles. The van der Waals surface area contributed by atoms with Gasteiger partial charge in [0.2, 0.25) is 5.95 Å². The molecule has 0 amide bonds. The molecule has 3 aromatic rings. The van der Waals surface area contributed by atoms with Crippen LogP contribution in [0, 0.1) is 6.92 Å². The first-order valence-corrected chi connectivity index (χ1v) is 6.30. The summed E-state index contributed by atoms with van der Waals surface area (Å²) in [6.45, 7) is 1.87. The molecule has 3 rings (SSSR count). The van der Waals surface area contributed by atoms with E-state index in [2.05, 4.69) is 25.0 Å². The minimum Gasteiger partial charge on any atom is -0.424 e. The molecule has 8 nitrogen and oxygen atoms in total. The lowest BCUT2D eigenvalue weighted by Crippen LogP contribution is -2.08. The maximum atomic E-state index is 5.97. The van der Waals surface area contributed by atoms with Gasteiger partial charge in [-0.25, -0.2) is 4.98 Å². The van der Waals surface area contributed by atoms with Gasteiger partial charge < -0.3 is 10.5 Å². The number of nitrogens with two attached hydrogens (primary N) is 1. The summed E-state index contributed by atoms with van der Waals surface area (Å²) in [7, 11) is 0. The number of aromatic nitrogens is 6. The highest BCUT2D eigenvalue weighted by molar-refractivity contribution is 6.31. The lowest BCUT2D eigenvalue weighted by Gasteiger charge is -2.07. The summed E-state index contributed by atoms with van der Waals surface area (Å²) in [6.07, 6.45) is 2.81. The van der Waals surface area contributed by atoms with Gasteiger partial charge in [-0.05, 0) is 30.7 Å². The van der Waals surface area contributed by atoms with Crippen LogP contribution in [0.1, 0.15) is 5.56 Å². The van der Waals surface area contributed by atoms with Gasteiger partial charge in [0.25, 0.3) is 5.95 Å². The molecule has 0 saturated carbocycles. The molecule has 1 aromatic carbocycles. The van der Waals surface area contributed by atoms with Crippen LogP contribution in [0.3, 0.4) is 0 Å². The van der Waals surface area contributed by atoms with Crippen molar-refractivity contribution in [1.82, 2.24) is 29.7 Å². The normalized spacial score (nSPS) is 10.6. The predicted molar refractivity (Wildman–Crippen MR) is 75.4 cm³/mol. The zero-order valence-corrected chi connectivity index (χ0v) is 11.7. The summed E-state index contributed by atoms with van der Waals surface area (Å²) >= 11 is 5.97. The number of halogens is 1. The Morgan fingerprint density at radius 2 is 2.10 bits per heavy atom. The largest absolute Gasteiger partial charge is 0.424 e. The monoisotopic (exact) mass is 303 g/mol. The number of aryl methyl sites for hydroxylation is 1. The van der Waals surface area contributed by atoms with Gasteiger partial charge in [-0.2, -0.15) is 24.7 Å². The lowest BCUT2D eigenvalue weighted by molar-refractivity contribution is 0.438. The molecule has 0 radical (unpaired) electrons. The third-order valence-corrected chi connectivity index (χ3v) is 3.01. The molecule has 106 valence electrons. The third kappa shape index (κ3) is 2.90. The molecule has 0 spiro atoms. The Hall–Kier alpha value is -2.74. The molecular weight excluding hydrogens is 294 g/mol. The van der Waals surface area contributed by atoms with Crippen molar-refractivity contribution < 1.29 is 4.74 Å². The summed E-state index contributed by atoms with van der Waals surface area (Å²) in [5.74, 6) is 0.795. The van der Waals surface area contributed by atoms with Crippen LogP contribution in [0.4, 0.5) is 5.95 Å². The molecule has 0 bridgehead atoms. The summed E-state index contributed by atoms with van der Waals surface area (Å²) in [5.41, 5.74) is 6.53. The highest BCUT2D eigenvalue weighted by atomic mass is 35.5. The van der Waals surface area contributed by atoms with E-state index in [9.17, 15) is 0 Å². The number of hydrogen-bond acceptors (Lipinski definition) is 7. The minimum atomic E-state index is 0.0242. The molecule has 0 atom stereocenters. The van der Waals surface area contributed by atoms with Gasteiger partial charge in [0.15, 0.2) is 0 Å². The van der Waals surface area contributed by atoms with Crippen LogP contribution in [-0.4, -0.2) is 29.7 Å². The molecular formula is C12H10ClN7O. The van der Waals surface area contributed by atoms with E-state index in [4.69, 9.17) is 22.1 Å². The van der Waals surface area contributed by atoms with Crippen LogP contribution < -0.4 is 10.5 Å². The van der Waals surface area contributed by atoms with Gasteiger partial charge in [0.05, 0.1) is 0 Å². The maximum absolute atomic E-state index is 5.97. The van der Waals surface area contributed by atoms with Gasteiger partial charge in [-0.15, -0.1) is 0 Å². The van der Waals surface area contributed by atoms with E-state index in [0.717, 1.165) is 5.56 Å². The summed E-state index contributed by atoms with van der Waals surface area (Å²) < 4.78 is 6.93. The summed E-state index contributed by atoms with van der Waals surface area (Å²) in [6, 6.07) is 5.28. The van der Waals surface area contributed by atoms with Gasteiger partial charge in [-0.1, -0.05) is 11.6 Å². The van der Waals surface area contributed by atoms with Crippen LogP contribution in [0.15, 0.2) is 30.9 Å². The van der Waals surface area contributed by atoms with E-state index in [1.54, 1.807) is 18.2 Å². The first-order chi connectivity index (χ1) is 10.1. The fraction of sp³-hybridized carbons (Fsp3) is 0.0833. The van der Waals surface area contributed by atoms with Crippen molar-refractivity contribution in [3.63, 3.8) is 0 Å². The molecule has 9 heteroatoms. The van der Waals surface area contributed by atoms with Crippen LogP contribution in [0.25, 0.3) is 5.95 Å². The average Bonchev–Trinajstić information content (AvgIpc) is 2.96. The molecule has 21 heavy (non-hydrogen) atoms. The van der Waals surface area contributed by atoms with Gasteiger partial charge in [-0.3, -0.25) is 0 Å². The van der Waals surface area contributed by atoms with Crippen molar-refractivity contribution in [2.75, 3.05) is 5.73 Å². The van der Waals surface area contributed by atoms with Crippen molar-refractivity contribution in [2.45, 2.75) is 6.92 Å². The Labute approximate surface area is 124 Å². The van der Waals surface area contributed by atoms with Crippen molar-refractivity contribution >= 4 is 17.5 Å². The zero-order chi connectivity index (χ0) is 14.8. The van der Waals surface area contributed by atoms with Gasteiger partial charge >= 0.3 is 6.01 Å². The number of anilines is 1. The topological polar surface area (TPSA) is 105 Å². The third-order valence-electron chi connectivity index (χ3n) is 2.58. The number of nitrogens with zero attached hydrogens (tertiary/aromatic N) is 6. The van der Waals surface area contributed by atoms with E-state index >= 15 is 0 Å². The smallest absolute Gasteiger partial charge is 0.328 e. The van der Waals surface area contributed by atoms with E-state index in [1.165, 1.54) is 17.3 Å². The Kier molecular flexibility index (Phi) is 3.36. The summed E-state index contributed by atoms with van der Waals surface area (Å²) in [4.78, 5) is 15.8. The molecule has 2 N–H and O–H groups in total. The van der Waals surface area contributed by atoms with Crippen LogP contribution >= 0.6 is 11.6 Å². The number of hydrogen-bond donors (Lipinski definition) is 1. The molecule has 0 unspecified atom stereocenters. The van der Waals surface area contributed by atoms with Crippen LogP contribution in [0.5, 0.6) is 11.8 Å². The lowest BCUT2D eigenvalue weighted by atomic mass is 10.2. The zero-order valence-electron chi connectivity index (χ0n) is 10.9. The number of nitrogen functional groups attached to an aromatic ring is 1. The molecule has 0 fully saturated rings. The van der Waals surface area contributed by atoms with Crippen molar-refractivity contribution in [3.8, 4) is 17.7 Å². The first kappa shape index (κ1) is 13.3. The second-order valence-corrected chi connectivity index (χ2v) is 4.54. The average molecular weight is 304 g/mol. The molecule has 0 saturated heterocycles. The Morgan fingerprint density at radius 1 is 1.24 bits per heavy atom. The Morgan fingerprint density at radius 3 is 2.81 bits per heavy atom. The van der Waals surface area contributed by atoms with Crippen LogP contribution in [-0.2, 0) is 0 Å². The highest BCUT2D eigenvalue weighted by Crippen LogP contribution is 2.24. The molecule has 2 heterocycles. The predicted octanol–water partition coefficient (Wildman–Crippen LogP) is 1.79. The SMILES string of the molecule is Cc1cc(Oc2nc(N)nc(-n3cncn3)n2)ccc1Cl. The van der Waals surface area contributed by atoms with Crippen molar-refractivity contribution in [3.05, 3.63) is 41.4 Å². The Balaban J connectivity index is 1.93. The standard InChI is InChI=1S/C12H10ClN7O/c1-7-4-8(2-3-9(7)13)21-12-18-10(14)17-11(19-12)20-6-15-5-16-20/h2-6H,1H3,(H2,14,17,18,19). The van der Waals surface area contributed by atoms with Gasteiger partial charge in [0, 0.05) is 5.02 Å². The van der Waals surface area contributed by atoms with E-state index in [1.807, 2.05) is 6.92 Å². The van der Waals surface area contributed by atoms with E-state index < -0.39 is 0 Å². The fourth-order valence-electron chi connectivity index (χ4n) is 1.61. The maximum Gasteiger partial charge on any atom is 0.328 e. The van der Waals surface area contributed by atoms with Crippen molar-refractivity contribution in [2.24, 2.45) is 0 Å². The van der Waals surface area contributed by atoms with Gasteiger partial charge in [0.1, 0.15) is 18.4 Å². The Bertz CT molecular complexity index is 775. The number of ether oxygens (including phenoxy) is 1. The van der Waals surface area contributed by atoms with Crippen molar-refractivity contribution in [1.29, 1.82) is 0 Å². The second-order valence-electron chi connectivity index (χ2n) is 4.13. The summed E-state index contributed by atoms with van der Waals surface area (Å²) in [5, 5.41) is 4.58. The van der Waals surface area contributed by atoms with Crippen LogP contribution in [0.2, 0.25) is 5.02 Å². The van der Waals surface area contributed by atoms with E-state index in [0.29, 0.717) is 10.8 Å². The molecule has 0 aliphatic rings. The second kappa shape index (κ2) is 5.33.